The summed E-state index contributed by atoms with van der Waals surface area (Å²) in [5, 5.41) is 5.47. The van der Waals surface area contributed by atoms with E-state index in [-0.39, 0.29) is 17.7 Å². The number of pyridine rings is 2. The average Bonchev–Trinajstić information content (AvgIpc) is 3.34. The number of hydrogen-bond donors (Lipinski definition) is 2. The van der Waals surface area contributed by atoms with E-state index in [1.807, 2.05) is 13.0 Å². The first kappa shape index (κ1) is 14.2. The number of carbonyl (C=O) groups is 2. The Bertz CT molecular complexity index is 708. The van der Waals surface area contributed by atoms with Crippen molar-refractivity contribution in [2.24, 2.45) is 5.92 Å². The zero-order valence-corrected chi connectivity index (χ0v) is 12.2. The van der Waals surface area contributed by atoms with Crippen LogP contribution in [0.3, 0.4) is 0 Å². The number of nitrogens with zero attached hydrogens (tertiary/aromatic N) is 2. The fourth-order valence-electron chi connectivity index (χ4n) is 1.98. The van der Waals surface area contributed by atoms with Gasteiger partial charge in [-0.15, -0.1) is 0 Å². The molecule has 0 radical (unpaired) electrons. The Morgan fingerprint density at radius 3 is 2.59 bits per heavy atom. The third kappa shape index (κ3) is 3.46. The fraction of sp³-hybridized carbons (Fsp3) is 0.250. The average molecular weight is 296 g/mol. The number of aryl methyl sites for hydroxylation is 1. The molecule has 0 bridgehead atoms. The summed E-state index contributed by atoms with van der Waals surface area (Å²) < 4.78 is 0. The maximum absolute atomic E-state index is 12.1. The molecule has 2 N–H and O–H groups in total. The van der Waals surface area contributed by atoms with Gasteiger partial charge in [0.05, 0.1) is 11.9 Å². The van der Waals surface area contributed by atoms with Crippen molar-refractivity contribution in [3.63, 3.8) is 0 Å². The summed E-state index contributed by atoms with van der Waals surface area (Å²) in [5.74, 6) is 0.339. The Balaban J connectivity index is 1.63. The number of rotatable bonds is 4. The molecule has 112 valence electrons. The topological polar surface area (TPSA) is 84.0 Å². The van der Waals surface area contributed by atoms with Crippen LogP contribution in [0, 0.1) is 12.8 Å². The van der Waals surface area contributed by atoms with Gasteiger partial charge in [0, 0.05) is 11.6 Å². The lowest BCUT2D eigenvalue weighted by Crippen LogP contribution is -2.16. The van der Waals surface area contributed by atoms with E-state index >= 15 is 0 Å². The predicted octanol–water partition coefficient (Wildman–Crippen LogP) is 2.39. The van der Waals surface area contributed by atoms with Gasteiger partial charge in [0.15, 0.2) is 0 Å². The number of carbonyl (C=O) groups excluding carboxylic acids is 2. The largest absolute Gasteiger partial charge is 0.319 e. The SMILES string of the molecule is Cc1cccc(C(=O)Nc2ccc(NC(=O)C3CC3)nc2)n1. The molecule has 0 aromatic carbocycles. The third-order valence-electron chi connectivity index (χ3n) is 3.34. The highest BCUT2D eigenvalue weighted by Crippen LogP contribution is 2.29. The van der Waals surface area contributed by atoms with Crippen LogP contribution in [0.4, 0.5) is 11.5 Å². The van der Waals surface area contributed by atoms with Crippen LogP contribution in [0.15, 0.2) is 36.5 Å². The van der Waals surface area contributed by atoms with Crippen molar-refractivity contribution >= 4 is 23.3 Å². The van der Waals surface area contributed by atoms with Gasteiger partial charge in [-0.2, -0.15) is 0 Å². The molecule has 6 nitrogen and oxygen atoms in total. The lowest BCUT2D eigenvalue weighted by atomic mass is 10.3. The molecule has 2 aromatic rings. The molecule has 2 aromatic heterocycles. The van der Waals surface area contributed by atoms with Gasteiger partial charge in [-0.3, -0.25) is 9.59 Å². The maximum atomic E-state index is 12.1. The van der Waals surface area contributed by atoms with Crippen LogP contribution in [0.2, 0.25) is 0 Å². The van der Waals surface area contributed by atoms with Crippen LogP contribution in [0.25, 0.3) is 0 Å². The van der Waals surface area contributed by atoms with E-state index in [1.54, 1.807) is 24.3 Å². The fourth-order valence-corrected chi connectivity index (χ4v) is 1.98. The van der Waals surface area contributed by atoms with Crippen molar-refractivity contribution in [1.29, 1.82) is 0 Å². The molecule has 2 heterocycles. The molecule has 0 spiro atoms. The standard InChI is InChI=1S/C16H16N4O2/c1-10-3-2-4-13(18-10)16(22)19-12-7-8-14(17-9-12)20-15(21)11-5-6-11/h2-4,7-9,11H,5-6H2,1H3,(H,19,22)(H,17,20,21). The summed E-state index contributed by atoms with van der Waals surface area (Å²) in [5.41, 5.74) is 1.69. The molecule has 22 heavy (non-hydrogen) atoms. The first-order chi connectivity index (χ1) is 10.6. The molecule has 0 saturated heterocycles. The van der Waals surface area contributed by atoms with Gasteiger partial charge in [-0.1, -0.05) is 6.07 Å². The van der Waals surface area contributed by atoms with Gasteiger partial charge in [0.25, 0.3) is 5.91 Å². The van der Waals surface area contributed by atoms with Crippen LogP contribution in [-0.2, 0) is 4.79 Å². The minimum Gasteiger partial charge on any atom is -0.319 e. The molecule has 0 unspecified atom stereocenters. The van der Waals surface area contributed by atoms with E-state index in [1.165, 1.54) is 6.20 Å². The van der Waals surface area contributed by atoms with E-state index < -0.39 is 0 Å². The zero-order chi connectivity index (χ0) is 15.5. The lowest BCUT2D eigenvalue weighted by Gasteiger charge is -2.07. The minimum absolute atomic E-state index is 0.00764. The van der Waals surface area contributed by atoms with Crippen molar-refractivity contribution in [3.05, 3.63) is 47.9 Å². The molecule has 1 aliphatic carbocycles. The second-order valence-electron chi connectivity index (χ2n) is 5.31. The molecule has 6 heteroatoms. The molecule has 2 amide bonds. The molecule has 1 saturated carbocycles. The summed E-state index contributed by atoms with van der Waals surface area (Å²) >= 11 is 0. The normalized spacial score (nSPS) is 13.5. The molecule has 0 aliphatic heterocycles. The van der Waals surface area contributed by atoms with Crippen LogP contribution in [-0.4, -0.2) is 21.8 Å². The number of anilines is 2. The highest BCUT2D eigenvalue weighted by Gasteiger charge is 2.29. The molecular weight excluding hydrogens is 280 g/mol. The summed E-state index contributed by atoms with van der Waals surface area (Å²) in [7, 11) is 0. The Labute approximate surface area is 128 Å². The quantitative estimate of drug-likeness (QED) is 0.907. The van der Waals surface area contributed by atoms with Crippen molar-refractivity contribution < 1.29 is 9.59 Å². The molecule has 0 atom stereocenters. The molecule has 1 aliphatic rings. The van der Waals surface area contributed by atoms with Crippen molar-refractivity contribution in [1.82, 2.24) is 9.97 Å². The van der Waals surface area contributed by atoms with Gasteiger partial charge in [0.2, 0.25) is 5.91 Å². The van der Waals surface area contributed by atoms with E-state index in [2.05, 4.69) is 20.6 Å². The van der Waals surface area contributed by atoms with Crippen LogP contribution in [0.1, 0.15) is 29.0 Å². The second-order valence-corrected chi connectivity index (χ2v) is 5.31. The summed E-state index contributed by atoms with van der Waals surface area (Å²) in [6, 6.07) is 8.63. The summed E-state index contributed by atoms with van der Waals surface area (Å²) in [6.07, 6.45) is 3.41. The second kappa shape index (κ2) is 5.93. The van der Waals surface area contributed by atoms with Gasteiger partial charge in [0.1, 0.15) is 11.5 Å². The van der Waals surface area contributed by atoms with Gasteiger partial charge in [-0.25, -0.2) is 9.97 Å². The summed E-state index contributed by atoms with van der Waals surface area (Å²) in [6.45, 7) is 1.83. The monoisotopic (exact) mass is 296 g/mol. The highest BCUT2D eigenvalue weighted by atomic mass is 16.2. The number of amides is 2. The number of aromatic nitrogens is 2. The number of hydrogen-bond acceptors (Lipinski definition) is 4. The van der Waals surface area contributed by atoms with E-state index in [9.17, 15) is 9.59 Å². The number of nitrogens with one attached hydrogen (secondary N) is 2. The minimum atomic E-state index is -0.291. The van der Waals surface area contributed by atoms with E-state index in [4.69, 9.17) is 0 Å². The predicted molar refractivity (Wildman–Crippen MR) is 82.5 cm³/mol. The zero-order valence-electron chi connectivity index (χ0n) is 12.2. The van der Waals surface area contributed by atoms with Gasteiger partial charge < -0.3 is 10.6 Å². The Kier molecular flexibility index (Phi) is 3.82. The van der Waals surface area contributed by atoms with E-state index in [0.29, 0.717) is 17.2 Å². The lowest BCUT2D eigenvalue weighted by molar-refractivity contribution is -0.117. The van der Waals surface area contributed by atoms with Crippen molar-refractivity contribution in [2.45, 2.75) is 19.8 Å². The molecule has 3 rings (SSSR count). The highest BCUT2D eigenvalue weighted by molar-refractivity contribution is 6.02. The van der Waals surface area contributed by atoms with E-state index in [0.717, 1.165) is 18.5 Å². The molecule has 1 fully saturated rings. The van der Waals surface area contributed by atoms with Gasteiger partial charge in [-0.05, 0) is 44.0 Å². The van der Waals surface area contributed by atoms with Crippen LogP contribution >= 0.6 is 0 Å². The van der Waals surface area contributed by atoms with Crippen molar-refractivity contribution in [3.8, 4) is 0 Å². The Morgan fingerprint density at radius 1 is 1.14 bits per heavy atom. The Hall–Kier alpha value is -2.76. The molecular formula is C16H16N4O2. The maximum Gasteiger partial charge on any atom is 0.274 e. The summed E-state index contributed by atoms with van der Waals surface area (Å²) in [4.78, 5) is 32.0. The van der Waals surface area contributed by atoms with Crippen molar-refractivity contribution in [2.75, 3.05) is 10.6 Å². The Morgan fingerprint density at radius 2 is 1.95 bits per heavy atom. The first-order valence-electron chi connectivity index (χ1n) is 7.14. The van der Waals surface area contributed by atoms with Gasteiger partial charge >= 0.3 is 0 Å². The smallest absolute Gasteiger partial charge is 0.274 e. The third-order valence-corrected chi connectivity index (χ3v) is 3.34. The first-order valence-corrected chi connectivity index (χ1v) is 7.14. The van der Waals surface area contributed by atoms with Crippen LogP contribution in [0.5, 0.6) is 0 Å². The van der Waals surface area contributed by atoms with Crippen LogP contribution < -0.4 is 10.6 Å².